The number of rotatable bonds is 16. The van der Waals surface area contributed by atoms with Crippen molar-refractivity contribution in [2.45, 2.75) is 97.8 Å². The molecule has 0 bridgehead atoms. The monoisotopic (exact) mass is 682 g/mol. The molecule has 13 heteroatoms. The second kappa shape index (κ2) is 16.8. The van der Waals surface area contributed by atoms with Crippen LogP contribution < -0.4 is 27.4 Å². The molecule has 1 aromatic heterocycles. The Labute approximate surface area is 290 Å². The average molecular weight is 683 g/mol. The minimum atomic E-state index is -1.18. The number of aryl methyl sites for hydroxylation is 1. The Morgan fingerprint density at radius 1 is 1.04 bits per heavy atom. The quantitative estimate of drug-likeness (QED) is 0.0672. The normalized spacial score (nSPS) is 14.9. The maximum absolute atomic E-state index is 14.2. The van der Waals surface area contributed by atoms with Crippen LogP contribution in [-0.4, -0.2) is 89.0 Å². The molecule has 0 fully saturated rings. The number of carbonyl (C=O) groups excluding carboxylic acids is 3. The fourth-order valence-electron chi connectivity index (χ4n) is 6.17. The second-order valence-corrected chi connectivity index (χ2v) is 14.8. The number of carbonyl (C=O) groups is 4. The predicted octanol–water partition coefficient (Wildman–Crippen LogP) is 2.63. The number of carboxylic acid groups (broad SMARTS) is 1. The summed E-state index contributed by atoms with van der Waals surface area (Å²) < 4.78 is 2.05. The number of hydrogen-bond acceptors (Lipinski definition) is 6. The molecule has 0 aliphatic carbocycles. The number of guanidine groups is 1. The number of fused-ring (bicyclic) bond motifs is 1. The third-order valence-corrected chi connectivity index (χ3v) is 9.07. The van der Waals surface area contributed by atoms with E-state index in [0.717, 1.165) is 16.5 Å². The van der Waals surface area contributed by atoms with Gasteiger partial charge < -0.3 is 42.0 Å². The van der Waals surface area contributed by atoms with Gasteiger partial charge in [-0.2, -0.15) is 0 Å². The van der Waals surface area contributed by atoms with Crippen LogP contribution in [0, 0.1) is 11.3 Å². The summed E-state index contributed by atoms with van der Waals surface area (Å²) in [6.45, 7) is 15.4. The van der Waals surface area contributed by atoms with E-state index in [-0.39, 0.29) is 42.2 Å². The number of nitrogens with one attached hydrogen (secondary N) is 3. The highest BCUT2D eigenvalue weighted by molar-refractivity contribution is 5.96. The summed E-state index contributed by atoms with van der Waals surface area (Å²) in [6.07, 6.45) is 4.20. The summed E-state index contributed by atoms with van der Waals surface area (Å²) in [6, 6.07) is 4.82. The van der Waals surface area contributed by atoms with E-state index in [1.807, 2.05) is 90.5 Å². The third-order valence-electron chi connectivity index (χ3n) is 9.07. The highest BCUT2D eigenvalue weighted by Crippen LogP contribution is 2.35. The number of aromatic nitrogens is 1. The maximum atomic E-state index is 14.2. The molecule has 2 unspecified atom stereocenters. The van der Waals surface area contributed by atoms with E-state index < -0.39 is 46.9 Å². The minimum Gasteiger partial charge on any atom is -0.480 e. The van der Waals surface area contributed by atoms with Crippen LogP contribution in [0.2, 0.25) is 0 Å². The lowest BCUT2D eigenvalue weighted by Gasteiger charge is -2.39. The number of carboxylic acids is 1. The SMILES string of the molecule is CNC(C(=O)N[C@H](C(=O)N(C)[C@H](/C=C(\C)C(=O)NC(CCCN=C(N)N)C(=O)O)C(C)C)C(C)(C)C)C(C)(C)c1cn(C)c2ccccc12. The van der Waals surface area contributed by atoms with Gasteiger partial charge in [0, 0.05) is 48.7 Å². The molecule has 1 aromatic carbocycles. The fourth-order valence-corrected chi connectivity index (χ4v) is 6.17. The van der Waals surface area contributed by atoms with Crippen molar-refractivity contribution in [1.82, 2.24) is 25.4 Å². The van der Waals surface area contributed by atoms with E-state index in [1.54, 1.807) is 32.0 Å². The van der Waals surface area contributed by atoms with Crippen molar-refractivity contribution >= 4 is 40.6 Å². The molecule has 0 aliphatic heterocycles. The summed E-state index contributed by atoms with van der Waals surface area (Å²) in [5, 5.41) is 19.5. The maximum Gasteiger partial charge on any atom is 0.326 e. The minimum absolute atomic E-state index is 0.0899. The topological polar surface area (TPSA) is 197 Å². The van der Waals surface area contributed by atoms with Crippen molar-refractivity contribution in [3.05, 3.63) is 47.7 Å². The first-order valence-electron chi connectivity index (χ1n) is 16.7. The summed E-state index contributed by atoms with van der Waals surface area (Å²) in [7, 11) is 5.37. The number of hydrogen-bond donors (Lipinski definition) is 6. The summed E-state index contributed by atoms with van der Waals surface area (Å²) in [5.74, 6) is -2.57. The third kappa shape index (κ3) is 10.3. The van der Waals surface area contributed by atoms with Crippen LogP contribution in [0.25, 0.3) is 10.9 Å². The number of aliphatic carboxylic acids is 1. The lowest BCUT2D eigenvalue weighted by molar-refractivity contribution is -0.141. The predicted molar refractivity (Wildman–Crippen MR) is 195 cm³/mol. The molecule has 49 heavy (non-hydrogen) atoms. The Hall–Kier alpha value is -4.39. The molecule has 1 heterocycles. The molecule has 0 radical (unpaired) electrons. The molecule has 13 nitrogen and oxygen atoms in total. The lowest BCUT2D eigenvalue weighted by atomic mass is 9.76. The number of para-hydroxylation sites is 1. The molecule has 3 amide bonds. The molecule has 4 atom stereocenters. The van der Waals surface area contributed by atoms with Gasteiger partial charge in [0.15, 0.2) is 5.96 Å². The molecule has 0 aliphatic rings. The molecular formula is C36H58N8O5. The van der Waals surface area contributed by atoms with Crippen LogP contribution in [0.5, 0.6) is 0 Å². The van der Waals surface area contributed by atoms with Gasteiger partial charge in [-0.25, -0.2) is 4.79 Å². The van der Waals surface area contributed by atoms with Gasteiger partial charge in [0.2, 0.25) is 17.7 Å². The lowest BCUT2D eigenvalue weighted by Crippen LogP contribution is -2.61. The number of amides is 3. The Kier molecular flexibility index (Phi) is 14.0. The van der Waals surface area contributed by atoms with Crippen LogP contribution in [0.3, 0.4) is 0 Å². The molecule has 2 rings (SSSR count). The van der Waals surface area contributed by atoms with E-state index in [0.29, 0.717) is 6.42 Å². The van der Waals surface area contributed by atoms with Crippen molar-refractivity contribution in [1.29, 1.82) is 0 Å². The fraction of sp³-hybridized carbons (Fsp3) is 0.583. The Morgan fingerprint density at radius 2 is 1.65 bits per heavy atom. The highest BCUT2D eigenvalue weighted by Gasteiger charge is 2.42. The largest absolute Gasteiger partial charge is 0.480 e. The first-order chi connectivity index (χ1) is 22.6. The number of nitrogens with zero attached hydrogens (tertiary/aromatic N) is 3. The van der Waals surface area contributed by atoms with Gasteiger partial charge in [-0.3, -0.25) is 19.4 Å². The van der Waals surface area contributed by atoms with E-state index in [9.17, 15) is 24.3 Å². The Bertz CT molecular complexity index is 1550. The Balaban J connectivity index is 2.33. The molecule has 272 valence electrons. The van der Waals surface area contributed by atoms with E-state index in [4.69, 9.17) is 11.5 Å². The molecule has 2 aromatic rings. The van der Waals surface area contributed by atoms with Gasteiger partial charge in [-0.05, 0) is 49.8 Å². The van der Waals surface area contributed by atoms with Crippen molar-refractivity contribution in [2.75, 3.05) is 20.6 Å². The van der Waals surface area contributed by atoms with Crippen LogP contribution in [0.1, 0.15) is 73.8 Å². The number of nitrogens with two attached hydrogens (primary N) is 2. The van der Waals surface area contributed by atoms with Crippen LogP contribution in [0.4, 0.5) is 0 Å². The molecule has 8 N–H and O–H groups in total. The average Bonchev–Trinajstić information content (AvgIpc) is 3.35. The second-order valence-electron chi connectivity index (χ2n) is 14.8. The van der Waals surface area contributed by atoms with Gasteiger partial charge in [0.1, 0.15) is 12.1 Å². The standard InChI is InChI=1S/C36H58N8O5/c1-21(2)27(19-22(3)30(45)41-25(33(48)49)16-14-18-40-34(37)38)44(11)32(47)29(35(4,5)6)42-31(46)28(39-9)36(7,8)24-20-43(10)26-17-13-12-15-23(24)26/h12-13,15,17,19-21,25,27-29,39H,14,16,18H2,1-11H3,(H,41,45)(H,42,46)(H,48,49)(H4,37,38,40)/b22-19+/t25?,27-,28?,29-/m1/s1. The number of aliphatic imine (C=N–C) groups is 1. The van der Waals surface area contributed by atoms with E-state index in [1.165, 1.54) is 0 Å². The van der Waals surface area contributed by atoms with E-state index >= 15 is 0 Å². The van der Waals surface area contributed by atoms with Crippen molar-refractivity contribution in [2.24, 2.45) is 34.8 Å². The first kappa shape index (κ1) is 40.8. The molecule has 0 spiro atoms. The molecular weight excluding hydrogens is 624 g/mol. The molecule has 0 saturated heterocycles. The highest BCUT2D eigenvalue weighted by atomic mass is 16.4. The van der Waals surface area contributed by atoms with Gasteiger partial charge in [0.05, 0.1) is 12.1 Å². The zero-order valence-corrected chi connectivity index (χ0v) is 31.0. The van der Waals surface area contributed by atoms with E-state index in [2.05, 4.69) is 20.9 Å². The van der Waals surface area contributed by atoms with Crippen molar-refractivity contribution < 1.29 is 24.3 Å². The Morgan fingerprint density at radius 3 is 2.18 bits per heavy atom. The summed E-state index contributed by atoms with van der Waals surface area (Å²) in [5.41, 5.74) is 11.7. The summed E-state index contributed by atoms with van der Waals surface area (Å²) >= 11 is 0. The van der Waals surface area contributed by atoms with Gasteiger partial charge in [0.25, 0.3) is 0 Å². The van der Waals surface area contributed by atoms with Crippen LogP contribution in [0.15, 0.2) is 47.1 Å². The van der Waals surface area contributed by atoms with Gasteiger partial charge >= 0.3 is 5.97 Å². The smallest absolute Gasteiger partial charge is 0.326 e. The van der Waals surface area contributed by atoms with Crippen LogP contribution in [-0.2, 0) is 31.6 Å². The van der Waals surface area contributed by atoms with Crippen LogP contribution >= 0.6 is 0 Å². The van der Waals surface area contributed by atoms with Crippen molar-refractivity contribution in [3.8, 4) is 0 Å². The number of benzene rings is 1. The zero-order valence-electron chi connectivity index (χ0n) is 31.0. The van der Waals surface area contributed by atoms with Gasteiger partial charge in [-0.15, -0.1) is 0 Å². The summed E-state index contributed by atoms with van der Waals surface area (Å²) in [4.78, 5) is 58.7. The van der Waals surface area contributed by atoms with Crippen molar-refractivity contribution in [3.63, 3.8) is 0 Å². The molecule has 0 saturated carbocycles. The zero-order chi connectivity index (χ0) is 37.4. The van der Waals surface area contributed by atoms with Gasteiger partial charge in [-0.1, -0.05) is 72.7 Å². The number of likely N-dealkylation sites (N-methyl/N-ethyl adjacent to an activating group) is 2. The first-order valence-corrected chi connectivity index (χ1v) is 16.7.